The third kappa shape index (κ3) is 4.76. The molecule has 29 heavy (non-hydrogen) atoms. The molecule has 0 aliphatic carbocycles. The molecule has 1 amide bonds. The Hall–Kier alpha value is -2.87. The smallest absolute Gasteiger partial charge is 0.236 e. The first-order chi connectivity index (χ1) is 14.2. The lowest BCUT2D eigenvalue weighted by atomic mass is 10.2. The number of hydrogen-bond donors (Lipinski definition) is 0. The third-order valence-electron chi connectivity index (χ3n) is 5.64. The molecule has 0 saturated carbocycles. The van der Waals surface area contributed by atoms with Crippen LogP contribution >= 0.6 is 0 Å². The second kappa shape index (κ2) is 9.09. The molecule has 3 heterocycles. The van der Waals surface area contributed by atoms with Crippen LogP contribution in [0.25, 0.3) is 0 Å². The van der Waals surface area contributed by atoms with Crippen molar-refractivity contribution >= 4 is 17.5 Å². The second-order valence-electron chi connectivity index (χ2n) is 7.38. The SMILES string of the molecule is COc1ccc(N2CCN(C(=O)CN3CCN(c4ncccn4)CC3)CC2)cc1. The lowest BCUT2D eigenvalue weighted by Gasteiger charge is -2.38. The van der Waals surface area contributed by atoms with E-state index in [-0.39, 0.29) is 5.91 Å². The summed E-state index contributed by atoms with van der Waals surface area (Å²) in [5.41, 5.74) is 1.18. The molecule has 2 aromatic rings. The molecule has 8 nitrogen and oxygen atoms in total. The van der Waals surface area contributed by atoms with Crippen molar-refractivity contribution < 1.29 is 9.53 Å². The van der Waals surface area contributed by atoms with E-state index in [1.807, 2.05) is 23.1 Å². The molecule has 154 valence electrons. The minimum absolute atomic E-state index is 0.226. The second-order valence-corrected chi connectivity index (χ2v) is 7.38. The van der Waals surface area contributed by atoms with Crippen LogP contribution < -0.4 is 14.5 Å². The Balaban J connectivity index is 1.22. The van der Waals surface area contributed by atoms with Crippen molar-refractivity contribution in [2.24, 2.45) is 0 Å². The van der Waals surface area contributed by atoms with Gasteiger partial charge in [0.1, 0.15) is 5.75 Å². The molecule has 1 aromatic heterocycles. The first kappa shape index (κ1) is 19.4. The van der Waals surface area contributed by atoms with Gasteiger partial charge in [-0.25, -0.2) is 9.97 Å². The van der Waals surface area contributed by atoms with Crippen LogP contribution in [0.1, 0.15) is 0 Å². The van der Waals surface area contributed by atoms with Gasteiger partial charge in [0.15, 0.2) is 0 Å². The summed E-state index contributed by atoms with van der Waals surface area (Å²) in [7, 11) is 1.68. The maximum absolute atomic E-state index is 12.8. The Kier molecular flexibility index (Phi) is 6.09. The molecular weight excluding hydrogens is 368 g/mol. The van der Waals surface area contributed by atoms with E-state index in [2.05, 4.69) is 36.8 Å². The molecule has 8 heteroatoms. The molecule has 0 atom stereocenters. The van der Waals surface area contributed by atoms with Crippen molar-refractivity contribution in [3.63, 3.8) is 0 Å². The fourth-order valence-corrected chi connectivity index (χ4v) is 3.86. The van der Waals surface area contributed by atoms with Crippen molar-refractivity contribution in [3.8, 4) is 5.75 Å². The van der Waals surface area contributed by atoms with Gasteiger partial charge in [-0.2, -0.15) is 0 Å². The zero-order chi connectivity index (χ0) is 20.1. The fraction of sp³-hybridized carbons (Fsp3) is 0.476. The van der Waals surface area contributed by atoms with Crippen molar-refractivity contribution in [1.82, 2.24) is 19.8 Å². The Labute approximate surface area is 171 Å². The largest absolute Gasteiger partial charge is 0.497 e. The molecule has 2 aliphatic rings. The first-order valence-corrected chi connectivity index (χ1v) is 10.1. The minimum atomic E-state index is 0.226. The first-order valence-electron chi connectivity index (χ1n) is 10.1. The highest BCUT2D eigenvalue weighted by Gasteiger charge is 2.25. The number of anilines is 2. The van der Waals surface area contributed by atoms with Gasteiger partial charge in [-0.15, -0.1) is 0 Å². The highest BCUT2D eigenvalue weighted by molar-refractivity contribution is 5.78. The van der Waals surface area contributed by atoms with Gasteiger partial charge in [0, 0.05) is 70.4 Å². The van der Waals surface area contributed by atoms with Crippen LogP contribution in [0, 0.1) is 0 Å². The lowest BCUT2D eigenvalue weighted by molar-refractivity contribution is -0.132. The number of rotatable bonds is 5. The molecule has 0 N–H and O–H groups in total. The van der Waals surface area contributed by atoms with Crippen LogP contribution in [0.4, 0.5) is 11.6 Å². The van der Waals surface area contributed by atoms with Crippen molar-refractivity contribution in [2.75, 3.05) is 75.8 Å². The van der Waals surface area contributed by atoms with E-state index in [0.29, 0.717) is 6.54 Å². The highest BCUT2D eigenvalue weighted by atomic mass is 16.5. The Bertz CT molecular complexity index is 785. The number of amides is 1. The molecule has 1 aromatic carbocycles. The molecule has 0 radical (unpaired) electrons. The summed E-state index contributed by atoms with van der Waals surface area (Å²) in [6.45, 7) is 7.16. The van der Waals surface area contributed by atoms with Crippen LogP contribution in [0.3, 0.4) is 0 Å². The van der Waals surface area contributed by atoms with E-state index in [4.69, 9.17) is 4.74 Å². The molecule has 2 saturated heterocycles. The van der Waals surface area contributed by atoms with Gasteiger partial charge >= 0.3 is 0 Å². The van der Waals surface area contributed by atoms with Crippen LogP contribution in [-0.4, -0.2) is 91.7 Å². The standard InChI is InChI=1S/C21H28N6O2/c1-29-19-5-3-18(4-6-19)25-13-15-26(16-14-25)20(28)17-24-9-11-27(12-10-24)21-22-7-2-8-23-21/h2-8H,9-17H2,1H3. The van der Waals surface area contributed by atoms with Crippen LogP contribution in [0.5, 0.6) is 5.75 Å². The van der Waals surface area contributed by atoms with Crippen LogP contribution in [0.15, 0.2) is 42.7 Å². The average molecular weight is 396 g/mol. The predicted octanol–water partition coefficient (Wildman–Crippen LogP) is 0.956. The van der Waals surface area contributed by atoms with Gasteiger partial charge in [-0.3, -0.25) is 9.69 Å². The Morgan fingerprint density at radius 1 is 0.897 bits per heavy atom. The topological polar surface area (TPSA) is 65.0 Å². The van der Waals surface area contributed by atoms with E-state index in [9.17, 15) is 4.79 Å². The lowest BCUT2D eigenvalue weighted by Crippen LogP contribution is -2.54. The number of methoxy groups -OCH3 is 1. The van der Waals surface area contributed by atoms with Crippen LogP contribution in [0.2, 0.25) is 0 Å². The molecule has 2 fully saturated rings. The van der Waals surface area contributed by atoms with E-state index < -0.39 is 0 Å². The summed E-state index contributed by atoms with van der Waals surface area (Å²) in [6, 6.07) is 9.94. The number of ether oxygens (including phenoxy) is 1. The van der Waals surface area contributed by atoms with E-state index >= 15 is 0 Å². The number of aromatic nitrogens is 2. The molecule has 0 bridgehead atoms. The molecular formula is C21H28N6O2. The summed E-state index contributed by atoms with van der Waals surface area (Å²) >= 11 is 0. The summed E-state index contributed by atoms with van der Waals surface area (Å²) in [6.07, 6.45) is 3.54. The maximum Gasteiger partial charge on any atom is 0.236 e. The van der Waals surface area contributed by atoms with Gasteiger partial charge < -0.3 is 19.4 Å². The van der Waals surface area contributed by atoms with Crippen LogP contribution in [-0.2, 0) is 4.79 Å². The minimum Gasteiger partial charge on any atom is -0.497 e. The average Bonchev–Trinajstić information content (AvgIpc) is 2.80. The van der Waals surface area contributed by atoms with Gasteiger partial charge in [0.2, 0.25) is 11.9 Å². The van der Waals surface area contributed by atoms with Gasteiger partial charge in [0.05, 0.1) is 13.7 Å². The molecule has 0 unspecified atom stereocenters. The van der Waals surface area contributed by atoms with Gasteiger partial charge in [0.25, 0.3) is 0 Å². The quantitative estimate of drug-likeness (QED) is 0.746. The number of piperazine rings is 2. The zero-order valence-electron chi connectivity index (χ0n) is 16.9. The number of hydrogen-bond acceptors (Lipinski definition) is 7. The number of carbonyl (C=O) groups is 1. The number of carbonyl (C=O) groups excluding carboxylic acids is 1. The summed E-state index contributed by atoms with van der Waals surface area (Å²) in [5, 5.41) is 0. The van der Waals surface area contributed by atoms with E-state index in [1.54, 1.807) is 19.5 Å². The number of nitrogens with zero attached hydrogens (tertiary/aromatic N) is 6. The molecule has 0 spiro atoms. The predicted molar refractivity (Wildman–Crippen MR) is 112 cm³/mol. The number of benzene rings is 1. The van der Waals surface area contributed by atoms with Crippen molar-refractivity contribution in [1.29, 1.82) is 0 Å². The maximum atomic E-state index is 12.8. The Morgan fingerprint density at radius 3 is 2.14 bits per heavy atom. The fourth-order valence-electron chi connectivity index (χ4n) is 3.86. The third-order valence-corrected chi connectivity index (χ3v) is 5.64. The summed E-state index contributed by atoms with van der Waals surface area (Å²) in [4.78, 5) is 30.1. The van der Waals surface area contributed by atoms with Gasteiger partial charge in [-0.05, 0) is 30.3 Å². The van der Waals surface area contributed by atoms with E-state index in [1.165, 1.54) is 5.69 Å². The molecule has 4 rings (SSSR count). The van der Waals surface area contributed by atoms with Crippen molar-refractivity contribution in [3.05, 3.63) is 42.7 Å². The summed E-state index contributed by atoms with van der Waals surface area (Å²) in [5.74, 6) is 1.86. The van der Waals surface area contributed by atoms with E-state index in [0.717, 1.165) is 64.1 Å². The molecule has 2 aliphatic heterocycles. The van der Waals surface area contributed by atoms with Crippen molar-refractivity contribution in [2.45, 2.75) is 0 Å². The Morgan fingerprint density at radius 2 is 1.52 bits per heavy atom. The summed E-state index contributed by atoms with van der Waals surface area (Å²) < 4.78 is 5.22. The zero-order valence-corrected chi connectivity index (χ0v) is 16.9. The van der Waals surface area contributed by atoms with Gasteiger partial charge in [-0.1, -0.05) is 0 Å². The monoisotopic (exact) mass is 396 g/mol. The normalized spacial score (nSPS) is 18.0. The highest BCUT2D eigenvalue weighted by Crippen LogP contribution is 2.20.